The summed E-state index contributed by atoms with van der Waals surface area (Å²) in [4.78, 5) is 60.2. The van der Waals surface area contributed by atoms with Crippen LogP contribution in [0.5, 0.6) is 0 Å². The Morgan fingerprint density at radius 3 is 2.45 bits per heavy atom. The van der Waals surface area contributed by atoms with Gasteiger partial charge in [-0.2, -0.15) is 0 Å². The van der Waals surface area contributed by atoms with Crippen LogP contribution in [0, 0.1) is 5.41 Å². The van der Waals surface area contributed by atoms with Gasteiger partial charge in [0.2, 0.25) is 17.5 Å². The molecule has 0 bridgehead atoms. The van der Waals surface area contributed by atoms with Crippen molar-refractivity contribution >= 4 is 29.1 Å². The van der Waals surface area contributed by atoms with Crippen LogP contribution in [0.4, 0.5) is 0 Å². The molecule has 0 aromatic rings. The van der Waals surface area contributed by atoms with Crippen molar-refractivity contribution < 1.29 is 19.2 Å². The summed E-state index contributed by atoms with van der Waals surface area (Å²) >= 11 is 0. The zero-order valence-corrected chi connectivity index (χ0v) is 18.7. The Morgan fingerprint density at radius 2 is 1.81 bits per heavy atom. The van der Waals surface area contributed by atoms with Crippen molar-refractivity contribution in [3.63, 3.8) is 0 Å². The maximum Gasteiger partial charge on any atom is 0.252 e. The Bertz CT molecular complexity index is 847. The summed E-state index contributed by atoms with van der Waals surface area (Å²) in [5.41, 5.74) is -0.236. The molecule has 7 heteroatoms. The number of hydrogen-bond acceptors (Lipinski definition) is 5. The number of nitrogens with zero attached hydrogens (tertiary/aromatic N) is 3. The minimum absolute atomic E-state index is 0.0781. The van der Waals surface area contributed by atoms with E-state index in [1.165, 1.54) is 4.90 Å². The highest BCUT2D eigenvalue weighted by Crippen LogP contribution is 2.39. The van der Waals surface area contributed by atoms with E-state index in [0.29, 0.717) is 25.0 Å². The van der Waals surface area contributed by atoms with Crippen molar-refractivity contribution in [1.82, 2.24) is 9.80 Å². The van der Waals surface area contributed by atoms with Gasteiger partial charge >= 0.3 is 0 Å². The van der Waals surface area contributed by atoms with Crippen LogP contribution in [-0.4, -0.2) is 57.5 Å². The zero-order valence-electron chi connectivity index (χ0n) is 18.7. The summed E-state index contributed by atoms with van der Waals surface area (Å²) in [5, 5.41) is 0. The Kier molecular flexibility index (Phi) is 6.13. The summed E-state index contributed by atoms with van der Waals surface area (Å²) < 4.78 is 0. The van der Waals surface area contributed by atoms with Crippen molar-refractivity contribution in [2.75, 3.05) is 6.54 Å². The fraction of sp³-hybridized carbons (Fsp3) is 0.708. The second-order valence-corrected chi connectivity index (χ2v) is 9.74. The third kappa shape index (κ3) is 3.99. The van der Waals surface area contributed by atoms with Crippen molar-refractivity contribution in [3.8, 4) is 0 Å². The van der Waals surface area contributed by atoms with Gasteiger partial charge in [0.05, 0.1) is 5.70 Å². The van der Waals surface area contributed by atoms with Crippen LogP contribution in [0.15, 0.2) is 16.9 Å². The van der Waals surface area contributed by atoms with E-state index >= 15 is 0 Å². The molecular formula is C24H33N3O4. The lowest BCUT2D eigenvalue weighted by Crippen LogP contribution is -2.56. The molecule has 2 aliphatic heterocycles. The fourth-order valence-corrected chi connectivity index (χ4v) is 5.43. The lowest BCUT2D eigenvalue weighted by atomic mass is 9.80. The van der Waals surface area contributed by atoms with Gasteiger partial charge in [-0.25, -0.2) is 0 Å². The Hall–Kier alpha value is -2.31. The molecule has 0 spiro atoms. The lowest BCUT2D eigenvalue weighted by Gasteiger charge is -2.40. The van der Waals surface area contributed by atoms with E-state index in [4.69, 9.17) is 0 Å². The first-order chi connectivity index (χ1) is 14.9. The highest BCUT2D eigenvalue weighted by atomic mass is 16.2. The van der Waals surface area contributed by atoms with E-state index in [0.717, 1.165) is 51.4 Å². The van der Waals surface area contributed by atoms with E-state index in [9.17, 15) is 19.2 Å². The number of carbonyl (C=O) groups is 4. The molecule has 1 unspecified atom stereocenters. The number of Topliss-reactive ketones (excluding diaryl/α,β-unsaturated/α-hetero) is 2. The summed E-state index contributed by atoms with van der Waals surface area (Å²) in [7, 11) is 0. The molecule has 4 rings (SSSR count). The minimum Gasteiger partial charge on any atom is -0.312 e. The van der Waals surface area contributed by atoms with Crippen LogP contribution >= 0.6 is 0 Å². The molecule has 2 fully saturated rings. The van der Waals surface area contributed by atoms with Crippen molar-refractivity contribution in [2.24, 2.45) is 10.4 Å². The van der Waals surface area contributed by atoms with E-state index in [-0.39, 0.29) is 30.1 Å². The molecule has 1 atom stereocenters. The fourth-order valence-electron chi connectivity index (χ4n) is 5.43. The predicted octanol–water partition coefficient (Wildman–Crippen LogP) is 3.17. The molecule has 7 nitrogen and oxygen atoms in total. The first kappa shape index (κ1) is 21.9. The van der Waals surface area contributed by atoms with Gasteiger partial charge in [0, 0.05) is 17.7 Å². The van der Waals surface area contributed by atoms with Crippen LogP contribution in [0.25, 0.3) is 0 Å². The van der Waals surface area contributed by atoms with Gasteiger partial charge in [0.1, 0.15) is 18.3 Å². The van der Waals surface area contributed by atoms with Gasteiger partial charge in [-0.1, -0.05) is 52.4 Å². The first-order valence-corrected chi connectivity index (χ1v) is 11.9. The third-order valence-corrected chi connectivity index (χ3v) is 7.44. The van der Waals surface area contributed by atoms with E-state index < -0.39 is 23.0 Å². The molecule has 0 N–H and O–H groups in total. The van der Waals surface area contributed by atoms with E-state index in [1.54, 1.807) is 11.1 Å². The number of fused-ring (bicyclic) bond motifs is 1. The molecule has 0 radical (unpaired) electrons. The molecule has 2 aliphatic carbocycles. The average molecular weight is 428 g/mol. The van der Waals surface area contributed by atoms with Crippen molar-refractivity contribution in [2.45, 2.75) is 96.6 Å². The van der Waals surface area contributed by atoms with Crippen LogP contribution in [-0.2, 0) is 19.2 Å². The maximum absolute atomic E-state index is 13.4. The molecule has 2 heterocycles. The minimum atomic E-state index is -0.703. The van der Waals surface area contributed by atoms with Gasteiger partial charge in [0.25, 0.3) is 5.91 Å². The molecule has 2 amide bonds. The summed E-state index contributed by atoms with van der Waals surface area (Å²) in [5.74, 6) is -1.37. The number of ketones is 2. The van der Waals surface area contributed by atoms with Gasteiger partial charge in [-0.05, 0) is 32.1 Å². The maximum atomic E-state index is 13.4. The Balaban J connectivity index is 1.72. The molecule has 4 aliphatic rings. The molecule has 168 valence electrons. The largest absolute Gasteiger partial charge is 0.312 e. The van der Waals surface area contributed by atoms with Gasteiger partial charge in [0.15, 0.2) is 0 Å². The van der Waals surface area contributed by atoms with E-state index in [1.807, 2.05) is 13.8 Å². The Morgan fingerprint density at radius 1 is 1.13 bits per heavy atom. The zero-order chi connectivity index (χ0) is 22.2. The molecule has 0 aromatic carbocycles. The van der Waals surface area contributed by atoms with E-state index in [2.05, 4.69) is 4.99 Å². The highest BCUT2D eigenvalue weighted by molar-refractivity contribution is 6.69. The number of aliphatic imine (C=N–C) groups is 1. The average Bonchev–Trinajstić information content (AvgIpc) is 3.45. The molecule has 0 saturated heterocycles. The van der Waals surface area contributed by atoms with Gasteiger partial charge < -0.3 is 4.90 Å². The lowest BCUT2D eigenvalue weighted by molar-refractivity contribution is -0.141. The summed E-state index contributed by atoms with van der Waals surface area (Å²) in [6.45, 7) is 3.81. The van der Waals surface area contributed by atoms with Crippen molar-refractivity contribution in [1.29, 1.82) is 0 Å². The van der Waals surface area contributed by atoms with Crippen LogP contribution in [0.3, 0.4) is 0 Å². The second kappa shape index (κ2) is 8.67. The summed E-state index contributed by atoms with van der Waals surface area (Å²) in [6, 6.07) is -0.611. The normalized spacial score (nSPS) is 26.1. The monoisotopic (exact) mass is 427 g/mol. The third-order valence-electron chi connectivity index (χ3n) is 7.44. The van der Waals surface area contributed by atoms with Crippen LogP contribution in [0.2, 0.25) is 0 Å². The smallest absolute Gasteiger partial charge is 0.252 e. The topological polar surface area (TPSA) is 87.1 Å². The molecule has 2 saturated carbocycles. The number of unbranched alkanes of at least 4 members (excludes halogenated alkanes) is 1. The summed E-state index contributed by atoms with van der Waals surface area (Å²) in [6.07, 6.45) is 11.1. The predicted molar refractivity (Wildman–Crippen MR) is 116 cm³/mol. The van der Waals surface area contributed by atoms with Crippen LogP contribution < -0.4 is 0 Å². The first-order valence-electron chi connectivity index (χ1n) is 11.9. The molecular weight excluding hydrogens is 394 g/mol. The van der Waals surface area contributed by atoms with Crippen molar-refractivity contribution in [3.05, 3.63) is 11.9 Å². The second-order valence-electron chi connectivity index (χ2n) is 9.74. The quantitative estimate of drug-likeness (QED) is 0.584. The standard InChI is InChI=1S/C24H33N3O4/c1-3-4-11-17-23(31)27-15-19(28)26(16-9-5-6-10-16)14-18(27)20(25-17)21(29)22(30)24(2)12-7-8-13-24/h14,16-17H,3-13,15H2,1-2H3. The number of carbonyl (C=O) groups excluding carboxylic acids is 4. The number of amides is 2. The van der Waals surface area contributed by atoms with Gasteiger partial charge in [-0.3, -0.25) is 29.1 Å². The molecule has 0 aromatic heterocycles. The van der Waals surface area contributed by atoms with Crippen LogP contribution in [0.1, 0.15) is 84.5 Å². The SMILES string of the molecule is CCCCC1N=C(C(=O)C(=O)C2(C)CCCC2)C2=CN(C3CCCC3)C(=O)CN2C1=O. The number of hydrogen-bond donors (Lipinski definition) is 0. The Labute approximate surface area is 183 Å². The van der Waals surface area contributed by atoms with Gasteiger partial charge in [-0.15, -0.1) is 0 Å². The number of allylic oxidation sites excluding steroid dienone is 1. The molecule has 31 heavy (non-hydrogen) atoms. The number of rotatable bonds is 7. The highest BCUT2D eigenvalue weighted by Gasteiger charge is 2.47.